The molecule has 3 N–H and O–H groups in total. The minimum atomic E-state index is -2.31. The number of allylic oxidation sites excluding steroid dienone is 2. The summed E-state index contributed by atoms with van der Waals surface area (Å²) in [6.45, 7) is 0. The second-order valence-corrected chi connectivity index (χ2v) is 21.1. The highest BCUT2D eigenvalue weighted by Crippen LogP contribution is 2.51. The second-order valence-electron chi connectivity index (χ2n) is 14.8. The van der Waals surface area contributed by atoms with Crippen LogP contribution in [-0.4, -0.2) is 42.0 Å². The van der Waals surface area contributed by atoms with Crippen molar-refractivity contribution in [1.82, 2.24) is 15.0 Å². The van der Waals surface area contributed by atoms with Crippen molar-refractivity contribution in [2.45, 2.75) is 5.92 Å². The first-order valence-corrected chi connectivity index (χ1v) is 25.7. The van der Waals surface area contributed by atoms with Gasteiger partial charge < -0.3 is 29.2 Å². The molecule has 67 heavy (non-hydrogen) atoms. The molecule has 3 aromatic heterocycles. The molecule has 1 unspecified atom stereocenters. The highest BCUT2D eigenvalue weighted by molar-refractivity contribution is 9.14. The van der Waals surface area contributed by atoms with E-state index in [1.165, 1.54) is 7.11 Å². The molecule has 2 aliphatic rings. The van der Waals surface area contributed by atoms with Gasteiger partial charge in [-0.3, -0.25) is 0 Å². The maximum Gasteiger partial charge on any atom is 0.200 e. The number of hydrogen-bond donors (Lipinski definition) is 3. The average Bonchev–Trinajstić information content (AvgIpc) is 4.00. The number of aliphatic imine (C=N–C) groups is 1. The number of nitrogens with one attached hydrogen (secondary N) is 3. The highest BCUT2D eigenvalue weighted by Gasteiger charge is 2.37. The predicted molar refractivity (Wildman–Crippen MR) is 276 cm³/mol. The van der Waals surface area contributed by atoms with E-state index in [9.17, 15) is 4.39 Å². The van der Waals surface area contributed by atoms with Gasteiger partial charge >= 0.3 is 0 Å². The van der Waals surface area contributed by atoms with Crippen LogP contribution in [0.1, 0.15) is 50.9 Å². The Labute approximate surface area is 445 Å². The third kappa shape index (κ3) is 8.06. The highest BCUT2D eigenvalue weighted by atomic mass is 79.9. The van der Waals surface area contributed by atoms with E-state index in [1.54, 1.807) is 50.6 Å². The lowest BCUT2D eigenvalue weighted by molar-refractivity contribution is 0.376. The largest absolute Gasteiger partial charge is 0.497 e. The number of nitrogens with zero attached hydrogens (tertiary/aromatic N) is 1. The fraction of sp³-hybridized carbons (Fsp3) is 0.0851. The number of aromatic amines is 3. The first-order valence-electron chi connectivity index (χ1n) is 19.3. The molecule has 4 aromatic carbocycles. The molecule has 5 heterocycles. The van der Waals surface area contributed by atoms with Crippen LogP contribution in [0.2, 0.25) is 0 Å². The van der Waals surface area contributed by atoms with Crippen molar-refractivity contribution in [3.05, 3.63) is 199 Å². The summed E-state index contributed by atoms with van der Waals surface area (Å²) in [6, 6.07) is 21.9. The Morgan fingerprint density at radius 3 is 1.31 bits per heavy atom. The van der Waals surface area contributed by atoms with E-state index in [0.717, 1.165) is 5.56 Å². The summed E-state index contributed by atoms with van der Waals surface area (Å²) in [6.07, 6.45) is 0. The van der Waals surface area contributed by atoms with Crippen LogP contribution in [0.25, 0.3) is 16.7 Å². The monoisotopic (exact) mass is 1420 g/mol. The van der Waals surface area contributed by atoms with Crippen LogP contribution in [-0.2, 0) is 0 Å². The smallest absolute Gasteiger partial charge is 0.200 e. The van der Waals surface area contributed by atoms with Crippen molar-refractivity contribution >= 4 is 150 Å². The van der Waals surface area contributed by atoms with Gasteiger partial charge in [-0.25, -0.2) is 26.9 Å². The van der Waals surface area contributed by atoms with Gasteiger partial charge in [-0.1, -0.05) is 36.4 Å². The van der Waals surface area contributed by atoms with Gasteiger partial charge in [0.25, 0.3) is 0 Å². The molecule has 342 valence electrons. The Bertz CT molecular complexity index is 3430. The summed E-state index contributed by atoms with van der Waals surface area (Å²) < 4.78 is 98.7. The summed E-state index contributed by atoms with van der Waals surface area (Å²) in [5.74, 6) is -9.67. The van der Waals surface area contributed by atoms with Crippen molar-refractivity contribution < 1.29 is 36.2 Å². The fourth-order valence-corrected chi connectivity index (χ4v) is 12.0. The van der Waals surface area contributed by atoms with Crippen molar-refractivity contribution in [3.8, 4) is 17.2 Å². The molecule has 0 saturated heterocycles. The van der Waals surface area contributed by atoms with Crippen LogP contribution >= 0.6 is 127 Å². The van der Waals surface area contributed by atoms with E-state index in [4.69, 9.17) is 19.2 Å². The summed E-state index contributed by atoms with van der Waals surface area (Å²) in [4.78, 5) is 15.8. The molecule has 0 amide bonds. The van der Waals surface area contributed by atoms with Gasteiger partial charge in [0.15, 0.2) is 23.3 Å². The molecule has 9 rings (SSSR count). The van der Waals surface area contributed by atoms with Gasteiger partial charge in [0.05, 0.1) is 102 Å². The van der Waals surface area contributed by atoms with E-state index in [-0.39, 0.29) is 20.0 Å². The van der Waals surface area contributed by atoms with Crippen molar-refractivity contribution in [1.29, 1.82) is 0 Å². The number of rotatable bonds is 7. The third-order valence-electron chi connectivity index (χ3n) is 11.2. The summed E-state index contributed by atoms with van der Waals surface area (Å²) in [7, 11) is 4.67. The Kier molecular flexibility index (Phi) is 13.8. The zero-order valence-electron chi connectivity index (χ0n) is 34.1. The number of hydrogen-bond acceptors (Lipinski definition) is 4. The molecular formula is C47H25Br8F5N4O3. The van der Waals surface area contributed by atoms with Crippen molar-refractivity contribution in [3.63, 3.8) is 0 Å². The molecule has 1 atom stereocenters. The molecule has 20 heteroatoms. The van der Waals surface area contributed by atoms with Crippen LogP contribution in [0.3, 0.4) is 0 Å². The van der Waals surface area contributed by atoms with Crippen LogP contribution in [0.4, 0.5) is 22.0 Å². The lowest BCUT2D eigenvalue weighted by Gasteiger charge is -2.18. The third-order valence-corrected chi connectivity index (χ3v) is 19.7. The van der Waals surface area contributed by atoms with Crippen LogP contribution in [0.5, 0.6) is 17.2 Å². The maximum absolute atomic E-state index is 16.5. The standard InChI is InChI=1S/C47H25Br8F5N4O3/c1-65-19-10-4-16(5-11-19)22-40-27(48)29(50)42(61-40)23(17-6-12-20(66-2)13-7-17)44-31(52)33(54)46(63-44)26(25-35(56)37(58)39(60)38(59)36(25)57)47-34(55)32(53)45(64-47)24(18-8-14-21(67-3)15-9-18)43-30(51)28(49)41(22)62-43/h4-15,23,61,63-64H,1-3H3. The van der Waals surface area contributed by atoms with Gasteiger partial charge in [0, 0.05) is 28.1 Å². The minimum Gasteiger partial charge on any atom is -0.497 e. The number of ether oxygens (including phenoxy) is 3. The molecule has 0 saturated carbocycles. The van der Waals surface area contributed by atoms with Gasteiger partial charge in [-0.05, 0) is 181 Å². The second kappa shape index (κ2) is 19.0. The summed E-state index contributed by atoms with van der Waals surface area (Å²) in [5, 5.41) is 0.247. The van der Waals surface area contributed by atoms with Gasteiger partial charge in [-0.2, -0.15) is 0 Å². The van der Waals surface area contributed by atoms with Gasteiger partial charge in [-0.15, -0.1) is 0 Å². The molecule has 0 aliphatic carbocycles. The van der Waals surface area contributed by atoms with Crippen LogP contribution in [0.15, 0.2) is 119 Å². The van der Waals surface area contributed by atoms with Crippen LogP contribution in [0, 0.1) is 29.1 Å². The van der Waals surface area contributed by atoms with E-state index in [1.807, 2.05) is 36.4 Å². The molecule has 0 radical (unpaired) electrons. The molecule has 7 aromatic rings. The number of H-pyrrole nitrogens is 3. The minimum absolute atomic E-state index is 0.0483. The quantitative estimate of drug-likeness (QED) is 0.0844. The predicted octanol–water partition coefficient (Wildman–Crippen LogP) is 14.8. The Morgan fingerprint density at radius 1 is 0.448 bits per heavy atom. The Morgan fingerprint density at radius 2 is 0.851 bits per heavy atom. The number of halogens is 13. The first kappa shape index (κ1) is 48.5. The first-order chi connectivity index (χ1) is 32.0. The zero-order chi connectivity index (χ0) is 47.9. The molecule has 7 nitrogen and oxygen atoms in total. The number of benzene rings is 4. The molecule has 0 fully saturated rings. The molecule has 2 aliphatic heterocycles. The fourth-order valence-electron chi connectivity index (χ4n) is 8.02. The maximum atomic E-state index is 16.5. The molecule has 0 spiro atoms. The van der Waals surface area contributed by atoms with Crippen LogP contribution < -0.4 is 24.9 Å². The lowest BCUT2D eigenvalue weighted by Crippen LogP contribution is -2.22. The molecule has 8 bridgehead atoms. The Hall–Kier alpha value is -3.50. The van der Waals surface area contributed by atoms with E-state index in [2.05, 4.69) is 142 Å². The zero-order valence-corrected chi connectivity index (χ0v) is 46.8. The SMILES string of the molecule is COc1ccc(C2=C3N=C(C(Br)=C3Br)C(c3ccc(OC)cc3)=c3[nH]c(c(Br)c3Br)=C(c3c(F)c(F)c(F)c(F)c3F)c3[nH]c(c(Br)c3Br)C(c3ccc(OC)cc3)c3[nH]c2c(Br)c3Br)cc1. The van der Waals surface area contributed by atoms with Gasteiger partial charge in [0.1, 0.15) is 17.2 Å². The van der Waals surface area contributed by atoms with Crippen molar-refractivity contribution in [2.24, 2.45) is 4.99 Å². The number of aromatic nitrogens is 3. The topological polar surface area (TPSA) is 87.4 Å². The van der Waals surface area contributed by atoms with E-state index in [0.29, 0.717) is 100 Å². The number of fused-ring (bicyclic) bond motifs is 7. The lowest BCUT2D eigenvalue weighted by atomic mass is 9.92. The van der Waals surface area contributed by atoms with E-state index < -0.39 is 46.1 Å². The normalized spacial score (nSPS) is 14.9. The number of methoxy groups -OCH3 is 3. The van der Waals surface area contributed by atoms with Gasteiger partial charge in [0.2, 0.25) is 5.82 Å². The van der Waals surface area contributed by atoms with Crippen molar-refractivity contribution in [2.75, 3.05) is 21.3 Å². The summed E-state index contributed by atoms with van der Waals surface area (Å²) in [5.41, 5.74) is 4.00. The summed E-state index contributed by atoms with van der Waals surface area (Å²) >= 11 is 30.3. The average molecular weight is 1430 g/mol. The Balaban J connectivity index is 1.55. The van der Waals surface area contributed by atoms with E-state index >= 15 is 17.6 Å². The molecular weight excluding hydrogens is 1400 g/mol.